The lowest BCUT2D eigenvalue weighted by Crippen LogP contribution is -2.53. The molecular formula is C17H30N2O2. The van der Waals surface area contributed by atoms with Crippen LogP contribution in [0.15, 0.2) is 0 Å². The molecular weight excluding hydrogens is 264 g/mol. The van der Waals surface area contributed by atoms with E-state index in [1.54, 1.807) is 0 Å². The van der Waals surface area contributed by atoms with Crippen molar-refractivity contribution >= 4 is 6.09 Å². The van der Waals surface area contributed by atoms with Crippen LogP contribution < -0.4 is 5.32 Å². The quantitative estimate of drug-likeness (QED) is 0.818. The van der Waals surface area contributed by atoms with Crippen LogP contribution in [-0.2, 0) is 4.74 Å². The molecule has 1 heterocycles. The Bertz CT molecular complexity index is 366. The Balaban J connectivity index is 1.57. The molecule has 1 N–H and O–H groups in total. The summed E-state index contributed by atoms with van der Waals surface area (Å²) < 4.78 is 5.06. The van der Waals surface area contributed by atoms with Gasteiger partial charge in [-0.25, -0.2) is 4.79 Å². The second kappa shape index (κ2) is 6.55. The van der Waals surface area contributed by atoms with Gasteiger partial charge in [0.25, 0.3) is 0 Å². The smallest absolute Gasteiger partial charge is 0.407 e. The zero-order chi connectivity index (χ0) is 14.8. The normalized spacial score (nSPS) is 31.7. The number of ether oxygens (including phenoxy) is 1. The van der Waals surface area contributed by atoms with Gasteiger partial charge in [-0.15, -0.1) is 0 Å². The number of carbonyl (C=O) groups excluding carboxylic acids is 1. The molecule has 21 heavy (non-hydrogen) atoms. The topological polar surface area (TPSA) is 41.6 Å². The summed E-state index contributed by atoms with van der Waals surface area (Å²) >= 11 is 0. The Morgan fingerprint density at radius 3 is 2.62 bits per heavy atom. The summed E-state index contributed by atoms with van der Waals surface area (Å²) in [7, 11) is 0. The molecule has 3 rings (SSSR count). The SMILES string of the molecule is CCOC(=O)NC1CC(CC2CC2)CN(C(C)C2CC2)C1. The van der Waals surface area contributed by atoms with E-state index in [0.717, 1.165) is 30.7 Å². The molecule has 120 valence electrons. The highest BCUT2D eigenvalue weighted by Crippen LogP contribution is 2.40. The third kappa shape index (κ3) is 4.35. The van der Waals surface area contributed by atoms with Crippen LogP contribution in [0.25, 0.3) is 0 Å². The van der Waals surface area contributed by atoms with Crippen LogP contribution in [0, 0.1) is 17.8 Å². The molecule has 2 saturated carbocycles. The van der Waals surface area contributed by atoms with Crippen LogP contribution in [0.2, 0.25) is 0 Å². The number of nitrogens with zero attached hydrogens (tertiary/aromatic N) is 1. The average Bonchev–Trinajstić information content (AvgIpc) is 3.31. The van der Waals surface area contributed by atoms with Crippen molar-refractivity contribution in [1.29, 1.82) is 0 Å². The number of hydrogen-bond donors (Lipinski definition) is 1. The molecule has 3 atom stereocenters. The minimum atomic E-state index is -0.242. The molecule has 0 bridgehead atoms. The maximum Gasteiger partial charge on any atom is 0.407 e. The lowest BCUT2D eigenvalue weighted by molar-refractivity contribution is 0.0822. The highest BCUT2D eigenvalue weighted by Gasteiger charge is 2.38. The number of piperidine rings is 1. The first kappa shape index (κ1) is 15.1. The van der Waals surface area contributed by atoms with Gasteiger partial charge in [0.2, 0.25) is 0 Å². The van der Waals surface area contributed by atoms with Gasteiger partial charge >= 0.3 is 6.09 Å². The van der Waals surface area contributed by atoms with Crippen molar-refractivity contribution in [3.05, 3.63) is 0 Å². The Morgan fingerprint density at radius 1 is 1.24 bits per heavy atom. The van der Waals surface area contributed by atoms with E-state index in [9.17, 15) is 4.79 Å². The molecule has 4 heteroatoms. The van der Waals surface area contributed by atoms with Crippen LogP contribution in [-0.4, -0.2) is 42.8 Å². The van der Waals surface area contributed by atoms with Gasteiger partial charge < -0.3 is 10.1 Å². The fourth-order valence-electron chi connectivity index (χ4n) is 3.89. The summed E-state index contributed by atoms with van der Waals surface area (Å²) in [5.74, 6) is 2.61. The molecule has 3 fully saturated rings. The summed E-state index contributed by atoms with van der Waals surface area (Å²) in [6, 6.07) is 0.946. The minimum absolute atomic E-state index is 0.242. The van der Waals surface area contributed by atoms with Crippen molar-refractivity contribution in [2.45, 2.75) is 64.5 Å². The predicted octanol–water partition coefficient (Wildman–Crippen LogP) is 3.02. The van der Waals surface area contributed by atoms with E-state index in [1.807, 2.05) is 6.92 Å². The molecule has 0 radical (unpaired) electrons. The van der Waals surface area contributed by atoms with Gasteiger partial charge in [0, 0.05) is 25.2 Å². The van der Waals surface area contributed by atoms with E-state index < -0.39 is 0 Å². The molecule has 3 aliphatic rings. The predicted molar refractivity (Wildman–Crippen MR) is 83.2 cm³/mol. The average molecular weight is 294 g/mol. The number of rotatable bonds is 6. The van der Waals surface area contributed by atoms with Crippen LogP contribution in [0.4, 0.5) is 4.79 Å². The van der Waals surface area contributed by atoms with Crippen molar-refractivity contribution in [3.63, 3.8) is 0 Å². The first-order chi connectivity index (χ1) is 10.2. The van der Waals surface area contributed by atoms with E-state index in [0.29, 0.717) is 12.6 Å². The molecule has 4 nitrogen and oxygen atoms in total. The Labute approximate surface area is 128 Å². The van der Waals surface area contributed by atoms with Gasteiger partial charge in [0.1, 0.15) is 0 Å². The monoisotopic (exact) mass is 294 g/mol. The zero-order valence-electron chi connectivity index (χ0n) is 13.5. The van der Waals surface area contributed by atoms with Gasteiger partial charge in [-0.05, 0) is 57.3 Å². The lowest BCUT2D eigenvalue weighted by atomic mass is 9.88. The van der Waals surface area contributed by atoms with E-state index in [1.165, 1.54) is 38.6 Å². The molecule has 1 aliphatic heterocycles. The standard InChI is InChI=1S/C17H30N2O2/c1-3-21-17(20)18-16-9-14(8-13-4-5-13)10-19(11-16)12(2)15-6-7-15/h12-16H,3-11H2,1-2H3,(H,18,20). The van der Waals surface area contributed by atoms with Crippen LogP contribution in [0.1, 0.15) is 52.4 Å². The summed E-state index contributed by atoms with van der Waals surface area (Å²) in [5, 5.41) is 3.08. The molecule has 1 saturated heterocycles. The summed E-state index contributed by atoms with van der Waals surface area (Å²) in [5.41, 5.74) is 0. The molecule has 0 spiro atoms. The van der Waals surface area contributed by atoms with E-state index in [-0.39, 0.29) is 12.1 Å². The first-order valence-electron chi connectivity index (χ1n) is 8.83. The Morgan fingerprint density at radius 2 is 2.00 bits per heavy atom. The molecule has 3 unspecified atom stereocenters. The Hall–Kier alpha value is -0.770. The van der Waals surface area contributed by atoms with Crippen molar-refractivity contribution in [3.8, 4) is 0 Å². The van der Waals surface area contributed by atoms with Gasteiger partial charge in [-0.1, -0.05) is 12.8 Å². The highest BCUT2D eigenvalue weighted by atomic mass is 16.5. The second-order valence-electron chi connectivity index (χ2n) is 7.37. The fourth-order valence-corrected chi connectivity index (χ4v) is 3.89. The molecule has 1 amide bonds. The summed E-state index contributed by atoms with van der Waals surface area (Å²) in [6.45, 7) is 6.91. The largest absolute Gasteiger partial charge is 0.450 e. The third-order valence-electron chi connectivity index (χ3n) is 5.41. The zero-order valence-corrected chi connectivity index (χ0v) is 13.5. The first-order valence-corrected chi connectivity index (χ1v) is 8.83. The highest BCUT2D eigenvalue weighted by molar-refractivity contribution is 5.67. The third-order valence-corrected chi connectivity index (χ3v) is 5.41. The van der Waals surface area contributed by atoms with Gasteiger partial charge in [-0.3, -0.25) is 4.90 Å². The molecule has 0 aromatic rings. The van der Waals surface area contributed by atoms with Gasteiger partial charge in [0.05, 0.1) is 6.61 Å². The lowest BCUT2D eigenvalue weighted by Gasteiger charge is -2.41. The fraction of sp³-hybridized carbons (Fsp3) is 0.941. The number of likely N-dealkylation sites (tertiary alicyclic amines) is 1. The summed E-state index contributed by atoms with van der Waals surface area (Å²) in [6.07, 6.45) is 7.86. The molecule has 0 aromatic carbocycles. The van der Waals surface area contributed by atoms with E-state index >= 15 is 0 Å². The van der Waals surface area contributed by atoms with Crippen molar-refractivity contribution in [1.82, 2.24) is 10.2 Å². The van der Waals surface area contributed by atoms with Crippen LogP contribution in [0.3, 0.4) is 0 Å². The van der Waals surface area contributed by atoms with Crippen molar-refractivity contribution < 1.29 is 9.53 Å². The number of amides is 1. The maximum absolute atomic E-state index is 11.7. The van der Waals surface area contributed by atoms with Gasteiger partial charge in [0.15, 0.2) is 0 Å². The molecule has 0 aromatic heterocycles. The number of alkyl carbamates (subject to hydrolysis) is 1. The Kier molecular flexibility index (Phi) is 4.72. The van der Waals surface area contributed by atoms with Crippen LogP contribution >= 0.6 is 0 Å². The number of nitrogens with one attached hydrogen (secondary N) is 1. The summed E-state index contributed by atoms with van der Waals surface area (Å²) in [4.78, 5) is 14.4. The number of carbonyl (C=O) groups is 1. The van der Waals surface area contributed by atoms with Crippen LogP contribution in [0.5, 0.6) is 0 Å². The van der Waals surface area contributed by atoms with Crippen molar-refractivity contribution in [2.75, 3.05) is 19.7 Å². The second-order valence-corrected chi connectivity index (χ2v) is 7.37. The maximum atomic E-state index is 11.7. The van der Waals surface area contributed by atoms with E-state index in [4.69, 9.17) is 4.74 Å². The minimum Gasteiger partial charge on any atom is -0.450 e. The molecule has 2 aliphatic carbocycles. The van der Waals surface area contributed by atoms with E-state index in [2.05, 4.69) is 17.1 Å². The van der Waals surface area contributed by atoms with Crippen molar-refractivity contribution in [2.24, 2.45) is 17.8 Å². The number of hydrogen-bond acceptors (Lipinski definition) is 3. The van der Waals surface area contributed by atoms with Gasteiger partial charge in [-0.2, -0.15) is 0 Å².